The number of ether oxygens (including phenoxy) is 1. The van der Waals surface area contributed by atoms with Crippen molar-refractivity contribution in [3.05, 3.63) is 45.2 Å². The van der Waals surface area contributed by atoms with Gasteiger partial charge in [-0.1, -0.05) is 11.6 Å². The quantitative estimate of drug-likeness (QED) is 0.942. The van der Waals surface area contributed by atoms with E-state index < -0.39 is 0 Å². The molecule has 1 unspecified atom stereocenters. The highest BCUT2D eigenvalue weighted by molar-refractivity contribution is 6.30. The van der Waals surface area contributed by atoms with E-state index in [9.17, 15) is 4.79 Å². The zero-order chi connectivity index (χ0) is 15.6. The van der Waals surface area contributed by atoms with Crippen LogP contribution in [0.3, 0.4) is 0 Å². The van der Waals surface area contributed by atoms with E-state index in [4.69, 9.17) is 22.1 Å². The third-order valence-electron chi connectivity index (χ3n) is 3.23. The summed E-state index contributed by atoms with van der Waals surface area (Å²) in [6.45, 7) is 4.10. The Bertz CT molecular complexity index is 711. The Hall–Kier alpha value is -1.85. The number of nitrogens with zero attached hydrogens (tertiary/aromatic N) is 2. The maximum atomic E-state index is 12.2. The summed E-state index contributed by atoms with van der Waals surface area (Å²) in [6.07, 6.45) is 0. The van der Waals surface area contributed by atoms with Crippen LogP contribution >= 0.6 is 11.6 Å². The maximum absolute atomic E-state index is 12.2. The van der Waals surface area contributed by atoms with Gasteiger partial charge >= 0.3 is 0 Å². The molecule has 2 N–H and O–H groups in total. The molecule has 2 aromatic rings. The second-order valence-corrected chi connectivity index (χ2v) is 5.18. The van der Waals surface area contributed by atoms with Crippen LogP contribution in [0.1, 0.15) is 25.5 Å². The first kappa shape index (κ1) is 15.5. The first-order chi connectivity index (χ1) is 9.97. The molecule has 0 amide bonds. The molecule has 1 heterocycles. The average Bonchev–Trinajstić information content (AvgIpc) is 2.47. The van der Waals surface area contributed by atoms with E-state index in [0.29, 0.717) is 28.6 Å². The lowest BCUT2D eigenvalue weighted by Crippen LogP contribution is -2.29. The molecular weight excluding hydrogens is 290 g/mol. The molecule has 0 aliphatic rings. The van der Waals surface area contributed by atoms with Crippen LogP contribution in [0.2, 0.25) is 5.02 Å². The smallest absolute Gasteiger partial charge is 0.271 e. The van der Waals surface area contributed by atoms with E-state index in [2.05, 4.69) is 5.10 Å². The number of methoxy groups -OCH3 is 1. The Morgan fingerprint density at radius 1 is 1.43 bits per heavy atom. The summed E-state index contributed by atoms with van der Waals surface area (Å²) in [7, 11) is 1.58. The molecule has 1 aromatic heterocycles. The molecule has 0 aliphatic heterocycles. The van der Waals surface area contributed by atoms with Crippen LogP contribution < -0.4 is 16.0 Å². The summed E-state index contributed by atoms with van der Waals surface area (Å²) in [5.41, 5.74) is 7.58. The van der Waals surface area contributed by atoms with Crippen molar-refractivity contribution in [2.45, 2.75) is 26.4 Å². The van der Waals surface area contributed by atoms with Gasteiger partial charge in [0, 0.05) is 28.7 Å². The van der Waals surface area contributed by atoms with Gasteiger partial charge in [0.15, 0.2) is 0 Å². The van der Waals surface area contributed by atoms with E-state index in [1.165, 1.54) is 4.68 Å². The normalized spacial score (nSPS) is 12.2. The van der Waals surface area contributed by atoms with Gasteiger partial charge in [-0.05, 0) is 38.1 Å². The molecule has 21 heavy (non-hydrogen) atoms. The Morgan fingerprint density at radius 2 is 2.14 bits per heavy atom. The Balaban J connectivity index is 2.72. The van der Waals surface area contributed by atoms with E-state index in [-0.39, 0.29) is 11.6 Å². The van der Waals surface area contributed by atoms with E-state index in [0.717, 1.165) is 5.56 Å². The summed E-state index contributed by atoms with van der Waals surface area (Å²) < 4.78 is 6.74. The van der Waals surface area contributed by atoms with E-state index in [1.54, 1.807) is 38.3 Å². The molecule has 0 saturated carbocycles. The molecule has 1 atom stereocenters. The summed E-state index contributed by atoms with van der Waals surface area (Å²) in [6, 6.07) is 6.60. The number of aryl methyl sites for hydroxylation is 1. The molecule has 0 spiro atoms. The summed E-state index contributed by atoms with van der Waals surface area (Å²) in [5, 5.41) is 4.94. The molecule has 2 rings (SSSR count). The average molecular weight is 308 g/mol. The Labute approximate surface area is 128 Å². The third-order valence-corrected chi connectivity index (χ3v) is 3.46. The van der Waals surface area contributed by atoms with Crippen LogP contribution in [0.4, 0.5) is 0 Å². The van der Waals surface area contributed by atoms with Crippen LogP contribution in [0, 0.1) is 0 Å². The van der Waals surface area contributed by atoms with Crippen molar-refractivity contribution in [2.24, 2.45) is 5.73 Å². The lowest BCUT2D eigenvalue weighted by Gasteiger charge is -2.13. The largest absolute Gasteiger partial charge is 0.496 e. The second-order valence-electron chi connectivity index (χ2n) is 4.74. The number of benzene rings is 1. The number of nitrogens with two attached hydrogens (primary N) is 1. The van der Waals surface area contributed by atoms with Crippen molar-refractivity contribution in [3.8, 4) is 17.0 Å². The number of hydrogen-bond acceptors (Lipinski definition) is 4. The number of halogens is 1. The van der Waals surface area contributed by atoms with E-state index in [1.807, 2.05) is 6.92 Å². The Morgan fingerprint density at radius 3 is 2.71 bits per heavy atom. The number of hydrogen-bond donors (Lipinski definition) is 1. The maximum Gasteiger partial charge on any atom is 0.271 e. The van der Waals surface area contributed by atoms with Crippen molar-refractivity contribution >= 4 is 11.6 Å². The van der Waals surface area contributed by atoms with Gasteiger partial charge in [0.25, 0.3) is 5.56 Å². The van der Waals surface area contributed by atoms with Gasteiger partial charge in [0.1, 0.15) is 5.75 Å². The van der Waals surface area contributed by atoms with Crippen LogP contribution in [-0.2, 0) is 6.54 Å². The van der Waals surface area contributed by atoms with Crippen molar-refractivity contribution < 1.29 is 4.74 Å². The lowest BCUT2D eigenvalue weighted by atomic mass is 10.1. The van der Waals surface area contributed by atoms with Crippen LogP contribution in [0.15, 0.2) is 29.1 Å². The predicted molar refractivity (Wildman–Crippen MR) is 83.8 cm³/mol. The summed E-state index contributed by atoms with van der Waals surface area (Å²) in [5.74, 6) is 0.642. The van der Waals surface area contributed by atoms with Crippen molar-refractivity contribution in [3.63, 3.8) is 0 Å². The second kappa shape index (κ2) is 6.28. The summed E-state index contributed by atoms with van der Waals surface area (Å²) in [4.78, 5) is 12.2. The SMILES string of the molecule is CCn1nc(-c2cc(Cl)ccc2OC)cc(C(C)N)c1=O. The van der Waals surface area contributed by atoms with Gasteiger partial charge in [-0.15, -0.1) is 0 Å². The fourth-order valence-corrected chi connectivity index (χ4v) is 2.29. The molecule has 0 fully saturated rings. The van der Waals surface area contributed by atoms with Gasteiger partial charge in [-0.2, -0.15) is 5.10 Å². The van der Waals surface area contributed by atoms with Crippen molar-refractivity contribution in [1.29, 1.82) is 0 Å². The van der Waals surface area contributed by atoms with Gasteiger partial charge in [0.05, 0.1) is 12.8 Å². The number of aromatic nitrogens is 2. The molecule has 0 bridgehead atoms. The fraction of sp³-hybridized carbons (Fsp3) is 0.333. The molecule has 0 aliphatic carbocycles. The van der Waals surface area contributed by atoms with Gasteiger partial charge < -0.3 is 10.5 Å². The monoisotopic (exact) mass is 307 g/mol. The van der Waals surface area contributed by atoms with E-state index >= 15 is 0 Å². The van der Waals surface area contributed by atoms with Crippen LogP contribution in [-0.4, -0.2) is 16.9 Å². The number of rotatable bonds is 4. The molecule has 1 aromatic carbocycles. The minimum Gasteiger partial charge on any atom is -0.496 e. The first-order valence-electron chi connectivity index (χ1n) is 6.69. The standard InChI is InChI=1S/C15H18ClN3O2/c1-4-19-15(20)11(9(2)17)8-13(18-19)12-7-10(16)5-6-14(12)21-3/h5-9H,4,17H2,1-3H3. The molecule has 6 heteroatoms. The highest BCUT2D eigenvalue weighted by atomic mass is 35.5. The molecule has 0 radical (unpaired) electrons. The zero-order valence-corrected chi connectivity index (χ0v) is 13.0. The minimum absolute atomic E-state index is 0.169. The molecule has 112 valence electrons. The van der Waals surface area contributed by atoms with Crippen molar-refractivity contribution in [1.82, 2.24) is 9.78 Å². The topological polar surface area (TPSA) is 70.1 Å². The van der Waals surface area contributed by atoms with Gasteiger partial charge in [-0.3, -0.25) is 4.79 Å². The predicted octanol–water partition coefficient (Wildman–Crippen LogP) is 2.61. The summed E-state index contributed by atoms with van der Waals surface area (Å²) >= 11 is 6.05. The van der Waals surface area contributed by atoms with Crippen molar-refractivity contribution in [2.75, 3.05) is 7.11 Å². The highest BCUT2D eigenvalue weighted by Crippen LogP contribution is 2.31. The molecular formula is C15H18ClN3O2. The highest BCUT2D eigenvalue weighted by Gasteiger charge is 2.15. The minimum atomic E-state index is -0.373. The third kappa shape index (κ3) is 3.09. The van der Waals surface area contributed by atoms with Gasteiger partial charge in [-0.25, -0.2) is 4.68 Å². The first-order valence-corrected chi connectivity index (χ1v) is 7.07. The zero-order valence-electron chi connectivity index (χ0n) is 12.3. The lowest BCUT2D eigenvalue weighted by molar-refractivity contribution is 0.416. The molecule has 5 nitrogen and oxygen atoms in total. The van der Waals surface area contributed by atoms with Gasteiger partial charge in [0.2, 0.25) is 0 Å². The van der Waals surface area contributed by atoms with Crippen LogP contribution in [0.25, 0.3) is 11.3 Å². The molecule has 0 saturated heterocycles. The van der Waals surface area contributed by atoms with Crippen LogP contribution in [0.5, 0.6) is 5.75 Å². The Kier molecular flexibility index (Phi) is 4.65. The fourth-order valence-electron chi connectivity index (χ4n) is 2.11.